The minimum absolute atomic E-state index is 0.0576. The summed E-state index contributed by atoms with van der Waals surface area (Å²) in [7, 11) is 0. The Labute approximate surface area is 127 Å². The highest BCUT2D eigenvalue weighted by atomic mass is 32.1. The summed E-state index contributed by atoms with van der Waals surface area (Å²) in [6.45, 7) is 5.39. The fourth-order valence-corrected chi connectivity index (χ4v) is 2.52. The van der Waals surface area contributed by atoms with Crippen LogP contribution >= 0.6 is 11.3 Å². The van der Waals surface area contributed by atoms with Crippen LogP contribution in [-0.4, -0.2) is 17.5 Å². The fraction of sp³-hybridized carbons (Fsp3) is 0.250. The van der Waals surface area contributed by atoms with Crippen LogP contribution in [0.25, 0.3) is 0 Å². The van der Waals surface area contributed by atoms with Gasteiger partial charge in [-0.2, -0.15) is 0 Å². The van der Waals surface area contributed by atoms with E-state index < -0.39 is 11.7 Å². The number of anilines is 1. The summed E-state index contributed by atoms with van der Waals surface area (Å²) in [5, 5.41) is 3.22. The molecule has 0 fully saturated rings. The molecule has 0 saturated carbocycles. The van der Waals surface area contributed by atoms with Crippen molar-refractivity contribution in [1.82, 2.24) is 0 Å². The third-order valence-electron chi connectivity index (χ3n) is 2.49. The van der Waals surface area contributed by atoms with Gasteiger partial charge < -0.3 is 4.74 Å². The first-order valence-corrected chi connectivity index (χ1v) is 7.36. The topological polar surface area (TPSA) is 55.4 Å². The SMILES string of the molecule is CC(C)(C)OC(=O)Nc1ccc(C(=O)c2ccccc2)s1. The van der Waals surface area contributed by atoms with Crippen molar-refractivity contribution in [1.29, 1.82) is 0 Å². The molecule has 0 atom stereocenters. The molecule has 0 spiro atoms. The number of hydrogen-bond donors (Lipinski definition) is 1. The zero-order valence-corrected chi connectivity index (χ0v) is 13.0. The lowest BCUT2D eigenvalue weighted by Crippen LogP contribution is -2.26. The molecule has 0 bridgehead atoms. The van der Waals surface area contributed by atoms with E-state index in [0.717, 1.165) is 0 Å². The van der Waals surface area contributed by atoms with Crippen LogP contribution in [0.2, 0.25) is 0 Å². The zero-order chi connectivity index (χ0) is 15.5. The van der Waals surface area contributed by atoms with Gasteiger partial charge in [-0.1, -0.05) is 30.3 Å². The number of nitrogens with one attached hydrogen (secondary N) is 1. The number of carbonyl (C=O) groups excluding carboxylic acids is 2. The molecule has 5 heteroatoms. The van der Waals surface area contributed by atoms with Gasteiger partial charge in [-0.25, -0.2) is 4.79 Å². The molecule has 2 rings (SSSR count). The predicted octanol–water partition coefficient (Wildman–Crippen LogP) is 4.33. The highest BCUT2D eigenvalue weighted by molar-refractivity contribution is 7.18. The van der Waals surface area contributed by atoms with E-state index in [1.54, 1.807) is 45.0 Å². The van der Waals surface area contributed by atoms with Gasteiger partial charge in [0.1, 0.15) is 5.60 Å². The van der Waals surface area contributed by atoms with Crippen molar-refractivity contribution in [2.75, 3.05) is 5.32 Å². The van der Waals surface area contributed by atoms with Crippen LogP contribution in [0.1, 0.15) is 36.0 Å². The Morgan fingerprint density at radius 3 is 2.33 bits per heavy atom. The Kier molecular flexibility index (Phi) is 4.43. The Balaban J connectivity index is 2.05. The second-order valence-electron chi connectivity index (χ2n) is 5.49. The molecule has 0 saturated heterocycles. The lowest BCUT2D eigenvalue weighted by atomic mass is 10.1. The lowest BCUT2D eigenvalue weighted by Gasteiger charge is -2.19. The number of ketones is 1. The second kappa shape index (κ2) is 6.10. The molecule has 1 aromatic heterocycles. The first-order valence-electron chi connectivity index (χ1n) is 6.55. The van der Waals surface area contributed by atoms with E-state index in [-0.39, 0.29) is 5.78 Å². The average molecular weight is 303 g/mol. The Bertz CT molecular complexity index is 641. The van der Waals surface area contributed by atoms with Gasteiger partial charge in [0.15, 0.2) is 0 Å². The molecule has 4 nitrogen and oxygen atoms in total. The van der Waals surface area contributed by atoms with Gasteiger partial charge in [-0.3, -0.25) is 10.1 Å². The molecule has 2 aromatic rings. The molecule has 21 heavy (non-hydrogen) atoms. The van der Waals surface area contributed by atoms with Crippen LogP contribution in [0.3, 0.4) is 0 Å². The molecule has 110 valence electrons. The molecule has 1 aromatic carbocycles. The van der Waals surface area contributed by atoms with Crippen LogP contribution < -0.4 is 5.32 Å². The zero-order valence-electron chi connectivity index (χ0n) is 12.2. The summed E-state index contributed by atoms with van der Waals surface area (Å²) in [5.41, 5.74) is 0.0764. The van der Waals surface area contributed by atoms with Crippen molar-refractivity contribution in [2.24, 2.45) is 0 Å². The molecule has 0 aliphatic carbocycles. The van der Waals surface area contributed by atoms with Crippen LogP contribution in [0, 0.1) is 0 Å². The van der Waals surface area contributed by atoms with E-state index >= 15 is 0 Å². The predicted molar refractivity (Wildman–Crippen MR) is 84.1 cm³/mol. The number of hydrogen-bond acceptors (Lipinski definition) is 4. The van der Waals surface area contributed by atoms with Crippen LogP contribution in [0.4, 0.5) is 9.80 Å². The molecule has 0 radical (unpaired) electrons. The van der Waals surface area contributed by atoms with Crippen molar-refractivity contribution in [2.45, 2.75) is 26.4 Å². The maximum Gasteiger partial charge on any atom is 0.412 e. The second-order valence-corrected chi connectivity index (χ2v) is 6.57. The normalized spacial score (nSPS) is 11.0. The third kappa shape index (κ3) is 4.43. The van der Waals surface area contributed by atoms with Crippen molar-refractivity contribution in [3.63, 3.8) is 0 Å². The molecule has 1 amide bonds. The highest BCUT2D eigenvalue weighted by Crippen LogP contribution is 2.25. The van der Waals surface area contributed by atoms with Crippen LogP contribution in [0.5, 0.6) is 0 Å². The summed E-state index contributed by atoms with van der Waals surface area (Å²) in [6, 6.07) is 12.4. The van der Waals surface area contributed by atoms with E-state index in [9.17, 15) is 9.59 Å². The van der Waals surface area contributed by atoms with Gasteiger partial charge in [0, 0.05) is 5.56 Å². The largest absolute Gasteiger partial charge is 0.444 e. The van der Waals surface area contributed by atoms with E-state index in [4.69, 9.17) is 4.74 Å². The summed E-state index contributed by atoms with van der Waals surface area (Å²) < 4.78 is 5.17. The van der Waals surface area contributed by atoms with Gasteiger partial charge in [-0.05, 0) is 32.9 Å². The first kappa shape index (κ1) is 15.3. The number of amides is 1. The van der Waals surface area contributed by atoms with E-state index in [2.05, 4.69) is 5.32 Å². The minimum Gasteiger partial charge on any atom is -0.444 e. The summed E-state index contributed by atoms with van der Waals surface area (Å²) in [5.74, 6) is -0.0576. The molecular weight excluding hydrogens is 286 g/mol. The maximum atomic E-state index is 12.2. The van der Waals surface area contributed by atoms with Gasteiger partial charge in [0.05, 0.1) is 9.88 Å². The molecule has 1 N–H and O–H groups in total. The molecule has 0 aliphatic rings. The minimum atomic E-state index is -0.552. The quantitative estimate of drug-likeness (QED) is 0.859. The number of thiophene rings is 1. The van der Waals surface area contributed by atoms with E-state index in [1.807, 2.05) is 18.2 Å². The number of benzene rings is 1. The number of rotatable bonds is 3. The average Bonchev–Trinajstić information content (AvgIpc) is 2.85. The van der Waals surface area contributed by atoms with Gasteiger partial charge >= 0.3 is 6.09 Å². The van der Waals surface area contributed by atoms with E-state index in [1.165, 1.54) is 11.3 Å². The van der Waals surface area contributed by atoms with Crippen molar-refractivity contribution < 1.29 is 14.3 Å². The van der Waals surface area contributed by atoms with Gasteiger partial charge in [0.25, 0.3) is 0 Å². The molecular formula is C16H17NO3S. The Morgan fingerprint density at radius 2 is 1.71 bits per heavy atom. The third-order valence-corrected chi connectivity index (χ3v) is 3.49. The smallest absolute Gasteiger partial charge is 0.412 e. The summed E-state index contributed by atoms with van der Waals surface area (Å²) >= 11 is 1.23. The van der Waals surface area contributed by atoms with Gasteiger partial charge in [-0.15, -0.1) is 11.3 Å². The summed E-state index contributed by atoms with van der Waals surface area (Å²) in [6.07, 6.45) is -0.525. The van der Waals surface area contributed by atoms with Crippen molar-refractivity contribution in [3.8, 4) is 0 Å². The highest BCUT2D eigenvalue weighted by Gasteiger charge is 2.17. The number of ether oxygens (including phenoxy) is 1. The molecule has 1 heterocycles. The molecule has 0 unspecified atom stereocenters. The maximum absolute atomic E-state index is 12.2. The first-order chi connectivity index (χ1) is 9.85. The van der Waals surface area contributed by atoms with Crippen LogP contribution in [-0.2, 0) is 4.74 Å². The van der Waals surface area contributed by atoms with Crippen molar-refractivity contribution >= 4 is 28.2 Å². The lowest BCUT2D eigenvalue weighted by molar-refractivity contribution is 0.0636. The van der Waals surface area contributed by atoms with E-state index in [0.29, 0.717) is 15.4 Å². The Morgan fingerprint density at radius 1 is 1.05 bits per heavy atom. The van der Waals surface area contributed by atoms with Crippen molar-refractivity contribution in [3.05, 3.63) is 52.9 Å². The fourth-order valence-electron chi connectivity index (χ4n) is 1.66. The monoisotopic (exact) mass is 303 g/mol. The standard InChI is InChI=1S/C16H17NO3S/c1-16(2,3)20-15(19)17-13-10-9-12(21-13)14(18)11-7-5-4-6-8-11/h4-10H,1-3H3,(H,17,19). The summed E-state index contributed by atoms with van der Waals surface area (Å²) in [4.78, 5) is 24.5. The number of carbonyl (C=O) groups is 2. The van der Waals surface area contributed by atoms with Crippen LogP contribution in [0.15, 0.2) is 42.5 Å². The Hall–Kier alpha value is -2.14. The van der Waals surface area contributed by atoms with Gasteiger partial charge in [0.2, 0.25) is 5.78 Å². The molecule has 0 aliphatic heterocycles.